The number of carbonyl (C=O) groups is 2. The number of anilines is 1. The van der Waals surface area contributed by atoms with Crippen molar-refractivity contribution in [3.05, 3.63) is 99.5 Å². The van der Waals surface area contributed by atoms with Crippen molar-refractivity contribution >= 4 is 53.0 Å². The number of imidazole rings is 1. The van der Waals surface area contributed by atoms with Crippen LogP contribution in [0, 0.1) is 11.3 Å². The maximum atomic E-state index is 12.9. The summed E-state index contributed by atoms with van der Waals surface area (Å²) in [6.07, 6.45) is 6.34. The Morgan fingerprint density at radius 3 is 2.64 bits per heavy atom. The number of hydrogen-bond donors (Lipinski definition) is 4. The maximum absolute atomic E-state index is 12.9. The van der Waals surface area contributed by atoms with Gasteiger partial charge in [0.15, 0.2) is 10.8 Å². The van der Waals surface area contributed by atoms with Crippen molar-refractivity contribution < 1.29 is 14.7 Å². The van der Waals surface area contributed by atoms with Crippen molar-refractivity contribution in [3.8, 4) is 34.2 Å². The zero-order valence-electron chi connectivity index (χ0n) is 21.8. The van der Waals surface area contributed by atoms with Crippen LogP contribution < -0.4 is 10.6 Å². The molecule has 3 heterocycles. The molecule has 0 aliphatic carbocycles. The van der Waals surface area contributed by atoms with Crippen LogP contribution in [0.3, 0.4) is 0 Å². The van der Waals surface area contributed by atoms with Crippen molar-refractivity contribution in [1.82, 2.24) is 25.3 Å². The Kier molecular flexibility index (Phi) is 9.88. The van der Waals surface area contributed by atoms with Gasteiger partial charge in [-0.05, 0) is 48.4 Å². The first-order valence-corrected chi connectivity index (χ1v) is 13.7. The summed E-state index contributed by atoms with van der Waals surface area (Å²) in [6.45, 7) is 0.454. The highest BCUT2D eigenvalue weighted by molar-refractivity contribution is 7.11. The SMILES string of the molecule is Cl.N#Cc1c(-c2cccc(C(=O)NCCCc3ncc[nH]3)c2)cc(-c2ccc(Cl)cc2O)nc1NC(=O)c1nccs1. The monoisotopic (exact) mass is 619 g/mol. The molecule has 0 radical (unpaired) electrons. The summed E-state index contributed by atoms with van der Waals surface area (Å²) in [6, 6.07) is 15.1. The summed E-state index contributed by atoms with van der Waals surface area (Å²) in [5.74, 6) is -0.0899. The maximum Gasteiger partial charge on any atom is 0.285 e. The molecule has 0 bridgehead atoms. The van der Waals surface area contributed by atoms with Crippen molar-refractivity contribution in [2.24, 2.45) is 0 Å². The van der Waals surface area contributed by atoms with Crippen molar-refractivity contribution in [2.75, 3.05) is 11.9 Å². The summed E-state index contributed by atoms with van der Waals surface area (Å²) < 4.78 is 0. The van der Waals surface area contributed by atoms with E-state index in [9.17, 15) is 20.0 Å². The highest BCUT2D eigenvalue weighted by Gasteiger charge is 2.21. The first kappa shape index (κ1) is 30.2. The second kappa shape index (κ2) is 13.7. The lowest BCUT2D eigenvalue weighted by atomic mass is 9.96. The van der Waals surface area contributed by atoms with Crippen LogP contribution >= 0.6 is 35.3 Å². The molecule has 5 rings (SSSR count). The average Bonchev–Trinajstić information content (AvgIpc) is 3.70. The van der Waals surface area contributed by atoms with Gasteiger partial charge in [0.25, 0.3) is 11.8 Å². The second-order valence-electron chi connectivity index (χ2n) is 8.82. The van der Waals surface area contributed by atoms with E-state index in [0.717, 1.165) is 17.2 Å². The zero-order chi connectivity index (χ0) is 28.8. The molecule has 0 fully saturated rings. The minimum absolute atomic E-state index is 0. The number of thiazole rings is 1. The van der Waals surface area contributed by atoms with Crippen molar-refractivity contribution in [1.29, 1.82) is 5.26 Å². The first-order valence-electron chi connectivity index (χ1n) is 12.4. The van der Waals surface area contributed by atoms with E-state index in [0.29, 0.717) is 46.7 Å². The number of halogens is 2. The molecular weight excluding hydrogens is 597 g/mol. The molecule has 3 aromatic heterocycles. The topological polar surface area (TPSA) is 157 Å². The van der Waals surface area contributed by atoms with E-state index in [1.54, 1.807) is 60.2 Å². The molecule has 0 saturated carbocycles. The number of phenolic OH excluding ortho intramolecular Hbond substituents is 1. The standard InChI is InChI=1S/C29H22ClN7O3S.ClH/c30-19-6-7-20(24(38)14-19)23-15-21(22(16-31)26(36-23)37-28(40)29-35-11-12-41-29)17-3-1-4-18(13-17)27(39)34-8-2-5-25-32-9-10-33-25;/h1,3-4,6-7,9-15,38H,2,5,8H2,(H,32,33)(H,34,39)(H,36,37,40);1H. The number of nitrogens with zero attached hydrogens (tertiary/aromatic N) is 4. The van der Waals surface area contributed by atoms with Crippen LogP contribution in [0.2, 0.25) is 5.02 Å². The fraction of sp³-hybridized carbons (Fsp3) is 0.103. The number of rotatable bonds is 9. The number of aromatic hydroxyl groups is 1. The molecule has 0 atom stereocenters. The molecule has 0 aliphatic heterocycles. The van der Waals surface area contributed by atoms with Crippen molar-refractivity contribution in [2.45, 2.75) is 12.8 Å². The van der Waals surface area contributed by atoms with Gasteiger partial charge in [0.1, 0.15) is 23.2 Å². The minimum Gasteiger partial charge on any atom is -0.507 e. The normalized spacial score (nSPS) is 10.4. The predicted molar refractivity (Wildman–Crippen MR) is 163 cm³/mol. The molecule has 212 valence electrons. The van der Waals surface area contributed by atoms with Crippen LogP contribution in [-0.2, 0) is 6.42 Å². The second-order valence-corrected chi connectivity index (χ2v) is 10.2. The van der Waals surface area contributed by atoms with Crippen LogP contribution in [0.4, 0.5) is 5.82 Å². The number of carbonyl (C=O) groups excluding carboxylic acids is 2. The number of nitriles is 1. The van der Waals surface area contributed by atoms with E-state index in [2.05, 4.69) is 36.6 Å². The van der Waals surface area contributed by atoms with Crippen LogP contribution in [-0.4, -0.2) is 43.4 Å². The van der Waals surface area contributed by atoms with Gasteiger partial charge in [0, 0.05) is 58.6 Å². The lowest BCUT2D eigenvalue weighted by Crippen LogP contribution is -2.24. The molecule has 42 heavy (non-hydrogen) atoms. The van der Waals surface area contributed by atoms with Crippen LogP contribution in [0.25, 0.3) is 22.4 Å². The number of phenols is 1. The Balaban J connectivity index is 0.00000405. The molecule has 5 aromatic rings. The number of aryl methyl sites for hydroxylation is 1. The molecule has 0 spiro atoms. The lowest BCUT2D eigenvalue weighted by Gasteiger charge is -2.14. The smallest absolute Gasteiger partial charge is 0.285 e. The van der Waals surface area contributed by atoms with Crippen LogP contribution in [0.5, 0.6) is 5.75 Å². The predicted octanol–water partition coefficient (Wildman–Crippen LogP) is 5.86. The van der Waals surface area contributed by atoms with Gasteiger partial charge in [-0.25, -0.2) is 15.0 Å². The highest BCUT2D eigenvalue weighted by atomic mass is 35.5. The zero-order valence-corrected chi connectivity index (χ0v) is 24.2. The molecule has 10 nitrogen and oxygen atoms in total. The Hall–Kier alpha value is -4.76. The minimum atomic E-state index is -0.532. The molecule has 0 aliphatic rings. The Morgan fingerprint density at radius 1 is 1.07 bits per heavy atom. The number of H-pyrrole nitrogens is 1. The summed E-state index contributed by atoms with van der Waals surface area (Å²) in [5.41, 5.74) is 2.07. The van der Waals surface area contributed by atoms with E-state index in [-0.39, 0.29) is 46.1 Å². The number of amides is 2. The third kappa shape index (κ3) is 6.92. The number of nitrogens with one attached hydrogen (secondary N) is 3. The van der Waals surface area contributed by atoms with Gasteiger partial charge in [0.2, 0.25) is 0 Å². The number of aromatic nitrogens is 4. The Morgan fingerprint density at radius 2 is 1.93 bits per heavy atom. The van der Waals surface area contributed by atoms with Crippen LogP contribution in [0.1, 0.15) is 38.0 Å². The fourth-order valence-corrected chi connectivity index (χ4v) is 4.85. The largest absolute Gasteiger partial charge is 0.507 e. The van der Waals surface area contributed by atoms with Gasteiger partial charge in [-0.2, -0.15) is 5.26 Å². The molecule has 2 aromatic carbocycles. The molecule has 0 unspecified atom stereocenters. The lowest BCUT2D eigenvalue weighted by molar-refractivity contribution is 0.0952. The van der Waals surface area contributed by atoms with Gasteiger partial charge in [-0.1, -0.05) is 23.7 Å². The summed E-state index contributed by atoms with van der Waals surface area (Å²) in [5, 5.41) is 28.5. The summed E-state index contributed by atoms with van der Waals surface area (Å²) >= 11 is 7.17. The molecule has 0 saturated heterocycles. The summed E-state index contributed by atoms with van der Waals surface area (Å²) in [7, 11) is 0. The molecular formula is C29H23Cl2N7O3S. The third-order valence-electron chi connectivity index (χ3n) is 6.09. The van der Waals surface area contributed by atoms with Crippen LogP contribution in [0.15, 0.2) is 72.5 Å². The van der Waals surface area contributed by atoms with E-state index in [1.807, 2.05) is 0 Å². The Labute approximate surface area is 255 Å². The van der Waals surface area contributed by atoms with Gasteiger partial charge < -0.3 is 20.7 Å². The molecule has 2 amide bonds. The number of pyridine rings is 1. The molecule has 13 heteroatoms. The quantitative estimate of drug-likeness (QED) is 0.150. The van der Waals surface area contributed by atoms with Gasteiger partial charge in [0.05, 0.1) is 5.69 Å². The average molecular weight is 621 g/mol. The Bertz CT molecular complexity index is 1750. The summed E-state index contributed by atoms with van der Waals surface area (Å²) in [4.78, 5) is 41.5. The first-order chi connectivity index (χ1) is 19.9. The molecule has 4 N–H and O–H groups in total. The number of benzene rings is 2. The van der Waals surface area contributed by atoms with Gasteiger partial charge >= 0.3 is 0 Å². The van der Waals surface area contributed by atoms with Crippen molar-refractivity contribution in [3.63, 3.8) is 0 Å². The van der Waals surface area contributed by atoms with E-state index < -0.39 is 5.91 Å². The van der Waals surface area contributed by atoms with E-state index >= 15 is 0 Å². The van der Waals surface area contributed by atoms with Gasteiger partial charge in [-0.3, -0.25) is 9.59 Å². The van der Waals surface area contributed by atoms with E-state index in [1.165, 1.54) is 12.3 Å². The van der Waals surface area contributed by atoms with Gasteiger partial charge in [-0.15, -0.1) is 23.7 Å². The third-order valence-corrected chi connectivity index (χ3v) is 7.10. The highest BCUT2D eigenvalue weighted by Crippen LogP contribution is 2.37. The number of hydrogen-bond acceptors (Lipinski definition) is 8. The number of aromatic amines is 1. The fourth-order valence-electron chi connectivity index (χ4n) is 4.15. The van der Waals surface area contributed by atoms with E-state index in [4.69, 9.17) is 11.6 Å².